The van der Waals surface area contributed by atoms with E-state index in [0.717, 1.165) is 58.3 Å². The molecule has 10 aliphatic rings. The van der Waals surface area contributed by atoms with Gasteiger partial charge in [-0.25, -0.2) is 0 Å². The van der Waals surface area contributed by atoms with Crippen LogP contribution < -0.4 is 10.6 Å². The minimum absolute atomic E-state index is 0.203. The number of piperidine rings is 2. The number of amides is 2. The molecule has 10 fully saturated rings. The monoisotopic (exact) mass is 929 g/mol. The number of rotatable bonds is 2. The van der Waals surface area contributed by atoms with Crippen molar-refractivity contribution in [3.05, 3.63) is 0 Å². The molecule has 3 saturated carbocycles. The Kier molecular flexibility index (Phi) is 22.1. The zero-order chi connectivity index (χ0) is 49.8. The maximum atomic E-state index is 11.4. The first-order chi connectivity index (χ1) is 30.2. The molecule has 66 heavy (non-hydrogen) atoms. The predicted octanol–water partition coefficient (Wildman–Crippen LogP) is 11.4. The Morgan fingerprint density at radius 3 is 1.09 bits per heavy atom. The van der Waals surface area contributed by atoms with Gasteiger partial charge >= 0.3 is 0 Å². The van der Waals surface area contributed by atoms with Gasteiger partial charge in [-0.15, -0.1) is 0 Å². The first kappa shape index (κ1) is 59.1. The summed E-state index contributed by atoms with van der Waals surface area (Å²) in [5.74, 6) is 1.02. The topological polar surface area (TPSA) is 80.4 Å². The summed E-state index contributed by atoms with van der Waals surface area (Å²) in [7, 11) is 2.20. The second-order valence-electron chi connectivity index (χ2n) is 29.0. The van der Waals surface area contributed by atoms with Gasteiger partial charge in [0.2, 0.25) is 11.8 Å². The van der Waals surface area contributed by atoms with Crippen molar-refractivity contribution in [1.29, 1.82) is 0 Å². The van der Waals surface area contributed by atoms with E-state index < -0.39 is 0 Å². The van der Waals surface area contributed by atoms with E-state index in [2.05, 4.69) is 138 Å². The minimum atomic E-state index is 0.203. The number of nitrogens with one attached hydrogen (secondary N) is 2. The van der Waals surface area contributed by atoms with Crippen LogP contribution in [-0.4, -0.2) is 136 Å². The molecule has 0 unspecified atom stereocenters. The number of likely N-dealkylation sites (tertiary alicyclic amines) is 4. The summed E-state index contributed by atoms with van der Waals surface area (Å²) < 4.78 is 4.94. The van der Waals surface area contributed by atoms with Crippen molar-refractivity contribution in [1.82, 2.24) is 30.2 Å². The van der Waals surface area contributed by atoms with E-state index in [1.165, 1.54) is 123 Å². The number of carbonyl (C=O) groups is 2. The van der Waals surface area contributed by atoms with Gasteiger partial charge in [0.1, 0.15) is 0 Å². The maximum absolute atomic E-state index is 11.4. The van der Waals surface area contributed by atoms with Crippen molar-refractivity contribution in [2.24, 2.45) is 49.2 Å². The molecule has 9 heteroatoms. The van der Waals surface area contributed by atoms with Gasteiger partial charge < -0.3 is 30.1 Å². The molecular weight excluding hydrogens is 817 g/mol. The first-order valence-corrected chi connectivity index (χ1v) is 27.2. The lowest BCUT2D eigenvalue weighted by molar-refractivity contribution is -0.142. The fraction of sp³-hybridized carbons (Fsp3) is 0.965. The third kappa shape index (κ3) is 24.5. The molecule has 2 N–H and O–H groups in total. The second-order valence-corrected chi connectivity index (χ2v) is 29.0. The van der Waals surface area contributed by atoms with E-state index in [1.807, 2.05) is 9.80 Å². The molecule has 3 aliphatic carbocycles. The smallest absolute Gasteiger partial charge is 0.225 e. The van der Waals surface area contributed by atoms with E-state index in [4.69, 9.17) is 4.74 Å². The zero-order valence-corrected chi connectivity index (χ0v) is 47.3. The van der Waals surface area contributed by atoms with Gasteiger partial charge in [-0.2, -0.15) is 0 Å². The van der Waals surface area contributed by atoms with Gasteiger partial charge in [-0.1, -0.05) is 130 Å². The maximum Gasteiger partial charge on any atom is 0.225 e. The first-order valence-electron chi connectivity index (χ1n) is 27.2. The summed E-state index contributed by atoms with van der Waals surface area (Å²) in [5, 5.41) is 6.54. The molecule has 388 valence electrons. The van der Waals surface area contributed by atoms with E-state index >= 15 is 0 Å². The molecular formula is C57H112N6O3. The van der Waals surface area contributed by atoms with Crippen LogP contribution in [0.25, 0.3) is 0 Å². The summed E-state index contributed by atoms with van der Waals surface area (Å²) >= 11 is 0. The van der Waals surface area contributed by atoms with E-state index in [1.54, 1.807) is 6.92 Å². The third-order valence-corrected chi connectivity index (χ3v) is 15.2. The van der Waals surface area contributed by atoms with Gasteiger partial charge in [0, 0.05) is 76.7 Å². The summed E-state index contributed by atoms with van der Waals surface area (Å²) in [5.41, 5.74) is 4.44. The SMILES string of the molecule is CC(=O)N1CC(C)(C)C1.CC1(C)CCCCC1.CC1(C)CCNCC1.CC1(C)CN(C(=O)C2CC2)C1.CC1(C)CN(C2CC2)C1.CC1(C)CNC1.CC1(C)COC1.CN1CCC(C)(C)CC1. The molecule has 0 radical (unpaired) electrons. The van der Waals surface area contributed by atoms with Crippen LogP contribution in [-0.2, 0) is 14.3 Å². The number of ether oxygens (including phenoxy) is 1. The van der Waals surface area contributed by atoms with E-state index in [9.17, 15) is 9.59 Å². The largest absolute Gasteiger partial charge is 0.380 e. The Hall–Kier alpha value is -1.26. The fourth-order valence-corrected chi connectivity index (χ4v) is 9.66. The quantitative estimate of drug-likeness (QED) is 0.286. The highest BCUT2D eigenvalue weighted by molar-refractivity contribution is 5.81. The number of carbonyl (C=O) groups excluding carboxylic acids is 2. The molecule has 0 aromatic heterocycles. The zero-order valence-electron chi connectivity index (χ0n) is 47.3. The second kappa shape index (κ2) is 24.7. The highest BCUT2D eigenvalue weighted by Gasteiger charge is 2.43. The predicted molar refractivity (Wildman–Crippen MR) is 282 cm³/mol. The van der Waals surface area contributed by atoms with Gasteiger partial charge in [0.25, 0.3) is 0 Å². The molecule has 0 aromatic rings. The van der Waals surface area contributed by atoms with Crippen LogP contribution >= 0.6 is 0 Å². The van der Waals surface area contributed by atoms with Crippen molar-refractivity contribution >= 4 is 11.8 Å². The molecule has 0 aromatic carbocycles. The van der Waals surface area contributed by atoms with Crippen molar-refractivity contribution in [2.75, 3.05) is 98.8 Å². The average Bonchev–Trinajstić information content (AvgIpc) is 4.08. The Morgan fingerprint density at radius 2 is 0.864 bits per heavy atom. The average molecular weight is 930 g/mol. The van der Waals surface area contributed by atoms with Gasteiger partial charge in [-0.3, -0.25) is 14.5 Å². The van der Waals surface area contributed by atoms with Crippen molar-refractivity contribution < 1.29 is 14.3 Å². The molecule has 7 heterocycles. The molecule has 2 amide bonds. The normalized spacial score (nSPS) is 28.3. The van der Waals surface area contributed by atoms with Crippen LogP contribution in [0.15, 0.2) is 0 Å². The molecule has 7 saturated heterocycles. The summed E-state index contributed by atoms with van der Waals surface area (Å²) in [6, 6.07) is 0.998. The van der Waals surface area contributed by atoms with Crippen LogP contribution in [0.1, 0.15) is 201 Å². The third-order valence-electron chi connectivity index (χ3n) is 15.2. The van der Waals surface area contributed by atoms with Crippen molar-refractivity contribution in [3.63, 3.8) is 0 Å². The van der Waals surface area contributed by atoms with Crippen molar-refractivity contribution in [2.45, 2.75) is 207 Å². The van der Waals surface area contributed by atoms with E-state index in [-0.39, 0.29) is 5.91 Å². The Labute approximate surface area is 410 Å². The van der Waals surface area contributed by atoms with Crippen LogP contribution in [0.5, 0.6) is 0 Å². The number of hydrogen-bond donors (Lipinski definition) is 2. The number of hydrogen-bond acceptors (Lipinski definition) is 7. The molecule has 9 nitrogen and oxygen atoms in total. The lowest BCUT2D eigenvalue weighted by Gasteiger charge is -2.46. The van der Waals surface area contributed by atoms with Gasteiger partial charge in [-0.05, 0) is 135 Å². The lowest BCUT2D eigenvalue weighted by atomic mass is 9.78. The van der Waals surface area contributed by atoms with Gasteiger partial charge in [0.05, 0.1) is 13.2 Å². The molecule has 0 spiro atoms. The standard InChI is InChI=1S/C9H15NO.C8H15N.C8H17N.C8H16.C7H13NO.C7H15N.C5H11N.C5H10O/c1-9(2)5-10(6-9)8(11)7-3-4-7;1-8(2)5-9(6-8)7-3-4-7;1-8(2)4-6-9(3)7-5-8;1-8(2)6-4-3-5-7-8;1-6(9)8-4-7(2,3)5-8;1-7(2)3-5-8-6-4-7;2*1-5(2)3-6-4-5/h7H,3-6H2,1-2H3;7H,3-6H2,1-2H3;4-7H2,1-3H3;3-7H2,1-2H3;4-5H2,1-3H3;8H,3-6H2,1-2H3;6H,3-4H2,1-2H3;3-4H2,1-2H3. The minimum Gasteiger partial charge on any atom is -0.380 e. The Balaban J connectivity index is 0.000000201. The van der Waals surface area contributed by atoms with Crippen molar-refractivity contribution in [3.8, 4) is 0 Å². The Morgan fingerprint density at radius 1 is 0.470 bits per heavy atom. The molecule has 0 bridgehead atoms. The highest BCUT2D eigenvalue weighted by atomic mass is 16.5. The molecule has 7 aliphatic heterocycles. The van der Waals surface area contributed by atoms with Crippen LogP contribution in [0.4, 0.5) is 0 Å². The summed E-state index contributed by atoms with van der Waals surface area (Å²) in [6.07, 6.45) is 17.9. The van der Waals surface area contributed by atoms with Crippen LogP contribution in [0.3, 0.4) is 0 Å². The lowest BCUT2D eigenvalue weighted by Crippen LogP contribution is -2.55. The van der Waals surface area contributed by atoms with E-state index in [0.29, 0.717) is 55.1 Å². The van der Waals surface area contributed by atoms with Gasteiger partial charge in [0.15, 0.2) is 0 Å². The summed E-state index contributed by atoms with van der Waals surface area (Å²) in [6.45, 7) is 54.0. The highest BCUT2D eigenvalue weighted by Crippen LogP contribution is 2.39. The molecule has 10 rings (SSSR count). The van der Waals surface area contributed by atoms with Crippen LogP contribution in [0.2, 0.25) is 0 Å². The Bertz CT molecular complexity index is 1360. The summed E-state index contributed by atoms with van der Waals surface area (Å²) in [4.78, 5) is 30.9. The van der Waals surface area contributed by atoms with Crippen LogP contribution in [0, 0.1) is 49.2 Å². The molecule has 0 atom stereocenters. The fourth-order valence-electron chi connectivity index (χ4n) is 9.66. The number of nitrogens with zero attached hydrogens (tertiary/aromatic N) is 4.